The molecule has 1 N–H and O–H groups in total. The summed E-state index contributed by atoms with van der Waals surface area (Å²) >= 11 is 6.65. The van der Waals surface area contributed by atoms with E-state index in [2.05, 4.69) is 31.9 Å². The molecule has 1 atom stereocenters. The third kappa shape index (κ3) is 4.66. The summed E-state index contributed by atoms with van der Waals surface area (Å²) in [6.45, 7) is 0. The number of hydrogen-bond acceptors (Lipinski definition) is 6. The Balaban J connectivity index is 1.46. The monoisotopic (exact) mass is 608 g/mol. The first kappa shape index (κ1) is 24.2. The van der Waals surface area contributed by atoms with Gasteiger partial charge in [0.15, 0.2) is 6.10 Å². The van der Waals surface area contributed by atoms with E-state index in [1.54, 1.807) is 72.8 Å². The minimum Gasteiger partial charge on any atom is -0.506 e. The van der Waals surface area contributed by atoms with Gasteiger partial charge >= 0.3 is 11.9 Å². The lowest BCUT2D eigenvalue weighted by molar-refractivity contribution is 0.0256. The van der Waals surface area contributed by atoms with Crippen LogP contribution in [-0.2, 0) is 11.2 Å². The van der Waals surface area contributed by atoms with E-state index < -0.39 is 23.8 Å². The van der Waals surface area contributed by atoms with E-state index in [1.807, 2.05) is 0 Å². The zero-order valence-electron chi connectivity index (χ0n) is 18.7. The second kappa shape index (κ2) is 9.87. The summed E-state index contributed by atoms with van der Waals surface area (Å²) in [6.07, 6.45) is -0.294. The van der Waals surface area contributed by atoms with Crippen molar-refractivity contribution in [2.24, 2.45) is 0 Å². The number of aromatic hydroxyl groups is 1. The number of carbonyl (C=O) groups is 3. The normalized spacial score (nSPS) is 14.8. The highest BCUT2D eigenvalue weighted by molar-refractivity contribution is 9.10. The molecule has 0 amide bonds. The van der Waals surface area contributed by atoms with Gasteiger partial charge in [0.05, 0.1) is 22.1 Å². The van der Waals surface area contributed by atoms with Crippen molar-refractivity contribution in [3.8, 4) is 11.5 Å². The van der Waals surface area contributed by atoms with Gasteiger partial charge in [-0.15, -0.1) is 0 Å². The molecule has 0 aliphatic heterocycles. The number of esters is 2. The van der Waals surface area contributed by atoms with E-state index in [0.29, 0.717) is 34.9 Å². The maximum absolute atomic E-state index is 13.3. The number of rotatable bonds is 4. The van der Waals surface area contributed by atoms with Crippen LogP contribution in [0.4, 0.5) is 0 Å². The molecular weight excluding hydrogens is 592 g/mol. The average molecular weight is 610 g/mol. The number of ether oxygens (including phenoxy) is 2. The van der Waals surface area contributed by atoms with Crippen molar-refractivity contribution in [3.05, 3.63) is 104 Å². The zero-order valence-corrected chi connectivity index (χ0v) is 21.8. The first-order valence-electron chi connectivity index (χ1n) is 11.1. The number of ketones is 1. The standard InChI is InChI=1S/C28H18Br2O6/c29-19-9-4-15(5-10-19)27(33)35-21-3-1-2-17-14-18-8-13-22(25(31)24(18)26(32)23(17)21)36-28(34)16-6-11-20(30)12-7-16/h1-7,9-12,14,22,32H,8,13H2/t22-/m0/s1. The molecule has 0 saturated heterocycles. The second-order valence-corrected chi connectivity index (χ2v) is 10.1. The van der Waals surface area contributed by atoms with Crippen molar-refractivity contribution >= 4 is 60.4 Å². The molecule has 180 valence electrons. The molecule has 0 unspecified atom stereocenters. The molecule has 4 aromatic carbocycles. The van der Waals surface area contributed by atoms with E-state index in [4.69, 9.17) is 9.47 Å². The van der Waals surface area contributed by atoms with Crippen LogP contribution in [0.3, 0.4) is 0 Å². The molecule has 0 aromatic heterocycles. The van der Waals surface area contributed by atoms with E-state index >= 15 is 0 Å². The van der Waals surface area contributed by atoms with Crippen LogP contribution < -0.4 is 4.74 Å². The second-order valence-electron chi connectivity index (χ2n) is 8.31. The van der Waals surface area contributed by atoms with Crippen molar-refractivity contribution in [1.82, 2.24) is 0 Å². The lowest BCUT2D eigenvalue weighted by Crippen LogP contribution is -2.32. The lowest BCUT2D eigenvalue weighted by atomic mass is 9.85. The highest BCUT2D eigenvalue weighted by atomic mass is 79.9. The number of carbonyl (C=O) groups excluding carboxylic acids is 3. The molecule has 8 heteroatoms. The number of Topliss-reactive ketones (excluding diaryl/α,β-unsaturated/α-hetero) is 1. The molecule has 0 radical (unpaired) electrons. The quantitative estimate of drug-likeness (QED) is 0.206. The van der Waals surface area contributed by atoms with Crippen LogP contribution in [0.5, 0.6) is 11.5 Å². The Morgan fingerprint density at radius 1 is 0.861 bits per heavy atom. The van der Waals surface area contributed by atoms with Crippen LogP contribution in [-0.4, -0.2) is 28.9 Å². The van der Waals surface area contributed by atoms with Gasteiger partial charge in [-0.1, -0.05) is 50.1 Å². The first-order valence-corrected chi connectivity index (χ1v) is 12.7. The van der Waals surface area contributed by atoms with Crippen LogP contribution >= 0.6 is 31.9 Å². The molecule has 1 aliphatic carbocycles. The van der Waals surface area contributed by atoms with Crippen molar-refractivity contribution in [2.75, 3.05) is 0 Å². The maximum Gasteiger partial charge on any atom is 0.343 e. The van der Waals surface area contributed by atoms with E-state index in [-0.39, 0.29) is 22.4 Å². The molecule has 0 spiro atoms. The molecule has 4 aromatic rings. The molecular formula is C28H18Br2O6. The number of phenols is 1. The maximum atomic E-state index is 13.3. The summed E-state index contributed by atoms with van der Waals surface area (Å²) in [7, 11) is 0. The fourth-order valence-electron chi connectivity index (χ4n) is 4.24. The molecule has 1 aliphatic rings. The fourth-order valence-corrected chi connectivity index (χ4v) is 4.76. The van der Waals surface area contributed by atoms with E-state index in [9.17, 15) is 19.5 Å². The number of fused-ring (bicyclic) bond motifs is 2. The number of halogens is 2. The Kier molecular flexibility index (Phi) is 6.64. The van der Waals surface area contributed by atoms with Gasteiger partial charge in [0, 0.05) is 8.95 Å². The largest absolute Gasteiger partial charge is 0.506 e. The summed E-state index contributed by atoms with van der Waals surface area (Å²) in [4.78, 5) is 38.6. The van der Waals surface area contributed by atoms with Gasteiger partial charge in [-0.05, 0) is 78.4 Å². The van der Waals surface area contributed by atoms with Gasteiger partial charge in [0.25, 0.3) is 0 Å². The Bertz CT molecular complexity index is 1510. The summed E-state index contributed by atoms with van der Waals surface area (Å²) in [6, 6.07) is 20.2. The lowest BCUT2D eigenvalue weighted by Gasteiger charge is -2.25. The molecule has 0 heterocycles. The van der Waals surface area contributed by atoms with Crippen molar-refractivity contribution in [3.63, 3.8) is 0 Å². The summed E-state index contributed by atoms with van der Waals surface area (Å²) < 4.78 is 12.8. The van der Waals surface area contributed by atoms with Crippen LogP contribution in [0.25, 0.3) is 10.8 Å². The van der Waals surface area contributed by atoms with Gasteiger partial charge in [-0.2, -0.15) is 0 Å². The molecule has 0 bridgehead atoms. The molecule has 6 nitrogen and oxygen atoms in total. The minimum atomic E-state index is -1.03. The van der Waals surface area contributed by atoms with Gasteiger partial charge in [0.1, 0.15) is 11.5 Å². The number of phenolic OH excluding ortho intramolecular Hbond substituents is 1. The third-order valence-corrected chi connectivity index (χ3v) is 7.07. The summed E-state index contributed by atoms with van der Waals surface area (Å²) in [5.41, 5.74) is 1.39. The first-order chi connectivity index (χ1) is 17.3. The van der Waals surface area contributed by atoms with Crippen LogP contribution in [0.15, 0.2) is 81.7 Å². The Hall–Kier alpha value is -3.49. The number of benzene rings is 4. The fraction of sp³-hybridized carbons (Fsp3) is 0.107. The zero-order chi connectivity index (χ0) is 25.4. The van der Waals surface area contributed by atoms with Gasteiger partial charge in [-0.25, -0.2) is 9.59 Å². The van der Waals surface area contributed by atoms with Crippen LogP contribution in [0, 0.1) is 0 Å². The summed E-state index contributed by atoms with van der Waals surface area (Å²) in [5.74, 6) is -1.87. The van der Waals surface area contributed by atoms with Gasteiger partial charge < -0.3 is 14.6 Å². The summed E-state index contributed by atoms with van der Waals surface area (Å²) in [5, 5.41) is 12.1. The number of aryl methyl sites for hydroxylation is 1. The minimum absolute atomic E-state index is 0.0782. The molecule has 0 fully saturated rings. The van der Waals surface area contributed by atoms with Gasteiger partial charge in [-0.3, -0.25) is 4.79 Å². The SMILES string of the molecule is O=C(Oc1cccc2cc3c(c(O)c12)C(=O)[C@@H](OC(=O)c1ccc(Br)cc1)CC3)c1ccc(Br)cc1. The van der Waals surface area contributed by atoms with Crippen LogP contribution in [0.1, 0.15) is 43.1 Å². The average Bonchev–Trinajstić information content (AvgIpc) is 2.86. The molecule has 0 saturated carbocycles. The van der Waals surface area contributed by atoms with Crippen molar-refractivity contribution < 1.29 is 29.0 Å². The Labute approximate surface area is 223 Å². The molecule has 36 heavy (non-hydrogen) atoms. The predicted octanol–water partition coefficient (Wildman–Crippen LogP) is 6.64. The molecule has 5 rings (SSSR count). The topological polar surface area (TPSA) is 89.9 Å². The van der Waals surface area contributed by atoms with Crippen molar-refractivity contribution in [2.45, 2.75) is 18.9 Å². The third-order valence-electron chi connectivity index (χ3n) is 6.01. The number of hydrogen-bond donors (Lipinski definition) is 1. The predicted molar refractivity (Wildman–Crippen MR) is 141 cm³/mol. The van der Waals surface area contributed by atoms with Crippen LogP contribution in [0.2, 0.25) is 0 Å². The van der Waals surface area contributed by atoms with E-state index in [0.717, 1.165) is 8.95 Å². The van der Waals surface area contributed by atoms with Gasteiger partial charge in [0.2, 0.25) is 5.78 Å². The van der Waals surface area contributed by atoms with E-state index in [1.165, 1.54) is 0 Å². The highest BCUT2D eigenvalue weighted by Crippen LogP contribution is 2.41. The highest BCUT2D eigenvalue weighted by Gasteiger charge is 2.34. The van der Waals surface area contributed by atoms with Crippen molar-refractivity contribution in [1.29, 1.82) is 0 Å². The smallest absolute Gasteiger partial charge is 0.343 e. The Morgan fingerprint density at radius 2 is 1.47 bits per heavy atom. The Morgan fingerprint density at radius 3 is 2.11 bits per heavy atom.